The number of amides is 2. The van der Waals surface area contributed by atoms with Gasteiger partial charge < -0.3 is 20.1 Å². The number of nitrogens with two attached hydrogens (primary N) is 1. The Labute approximate surface area is 141 Å². The number of rotatable bonds is 4. The average Bonchev–Trinajstić information content (AvgIpc) is 3.12. The first-order valence-electron chi connectivity index (χ1n) is 8.42. The van der Waals surface area contributed by atoms with E-state index in [1.54, 1.807) is 12.0 Å². The van der Waals surface area contributed by atoms with Gasteiger partial charge in [0.15, 0.2) is 6.10 Å². The third kappa shape index (κ3) is 2.98. The van der Waals surface area contributed by atoms with Gasteiger partial charge >= 0.3 is 0 Å². The van der Waals surface area contributed by atoms with Crippen molar-refractivity contribution >= 4 is 11.8 Å². The summed E-state index contributed by atoms with van der Waals surface area (Å²) in [4.78, 5) is 26.5. The van der Waals surface area contributed by atoms with E-state index in [0.29, 0.717) is 13.2 Å². The number of carbonyl (C=O) groups is 2. The predicted molar refractivity (Wildman–Crippen MR) is 88.7 cm³/mol. The minimum absolute atomic E-state index is 0.0720. The second kappa shape index (κ2) is 6.81. The van der Waals surface area contributed by atoms with E-state index in [2.05, 4.69) is 0 Å². The van der Waals surface area contributed by atoms with E-state index in [-0.39, 0.29) is 12.5 Å². The highest BCUT2D eigenvalue weighted by Gasteiger charge is 2.46. The molecule has 1 aromatic rings. The molecule has 1 aliphatic carbocycles. The van der Waals surface area contributed by atoms with Crippen molar-refractivity contribution in [1.82, 2.24) is 4.90 Å². The standard InChI is InChI=1S/C18H24N2O4/c1-23-14-6-4-5-13(11-14)18(7-2-3-8-18)17(22)20-9-10-24-15(12-20)16(19)21/h4-6,11,15H,2-3,7-10,12H2,1H3,(H2,19,21). The van der Waals surface area contributed by atoms with Crippen LogP contribution in [-0.2, 0) is 19.7 Å². The fourth-order valence-electron chi connectivity index (χ4n) is 3.83. The molecule has 6 heteroatoms. The van der Waals surface area contributed by atoms with Crippen molar-refractivity contribution < 1.29 is 19.1 Å². The molecule has 1 heterocycles. The van der Waals surface area contributed by atoms with E-state index < -0.39 is 17.4 Å². The summed E-state index contributed by atoms with van der Waals surface area (Å²) in [5.74, 6) is 0.306. The van der Waals surface area contributed by atoms with Crippen molar-refractivity contribution in [1.29, 1.82) is 0 Å². The molecule has 1 saturated carbocycles. The van der Waals surface area contributed by atoms with Crippen LogP contribution in [0.3, 0.4) is 0 Å². The fourth-order valence-corrected chi connectivity index (χ4v) is 3.83. The molecular weight excluding hydrogens is 308 g/mol. The molecule has 0 aromatic heterocycles. The maximum atomic E-state index is 13.4. The normalized spacial score (nSPS) is 23.0. The Kier molecular flexibility index (Phi) is 4.76. The van der Waals surface area contributed by atoms with Crippen molar-refractivity contribution in [3.63, 3.8) is 0 Å². The van der Waals surface area contributed by atoms with Crippen molar-refractivity contribution in [2.75, 3.05) is 26.8 Å². The van der Waals surface area contributed by atoms with Gasteiger partial charge in [0.05, 0.1) is 25.7 Å². The predicted octanol–water partition coefficient (Wildman–Crippen LogP) is 1.22. The molecule has 1 aliphatic heterocycles. The fraction of sp³-hybridized carbons (Fsp3) is 0.556. The molecule has 2 N–H and O–H groups in total. The number of morpholine rings is 1. The van der Waals surface area contributed by atoms with Gasteiger partial charge in [-0.1, -0.05) is 25.0 Å². The topological polar surface area (TPSA) is 81.9 Å². The highest BCUT2D eigenvalue weighted by Crippen LogP contribution is 2.43. The molecular formula is C18H24N2O4. The van der Waals surface area contributed by atoms with E-state index in [1.165, 1.54) is 0 Å². The van der Waals surface area contributed by atoms with Gasteiger partial charge in [0.1, 0.15) is 5.75 Å². The zero-order valence-corrected chi connectivity index (χ0v) is 14.0. The van der Waals surface area contributed by atoms with Crippen molar-refractivity contribution in [2.24, 2.45) is 5.73 Å². The Hall–Kier alpha value is -2.08. The van der Waals surface area contributed by atoms with Gasteiger partial charge in [0.25, 0.3) is 0 Å². The van der Waals surface area contributed by atoms with Crippen LogP contribution in [0.4, 0.5) is 0 Å². The number of methoxy groups -OCH3 is 1. The summed E-state index contributed by atoms with van der Waals surface area (Å²) in [6, 6.07) is 7.76. The Morgan fingerprint density at radius 1 is 1.33 bits per heavy atom. The number of nitrogens with zero attached hydrogens (tertiary/aromatic N) is 1. The van der Waals surface area contributed by atoms with E-state index in [0.717, 1.165) is 37.0 Å². The average molecular weight is 332 g/mol. The maximum absolute atomic E-state index is 13.4. The van der Waals surface area contributed by atoms with Gasteiger partial charge in [-0.2, -0.15) is 0 Å². The second-order valence-corrected chi connectivity index (χ2v) is 6.53. The number of hydrogen-bond donors (Lipinski definition) is 1. The zero-order chi connectivity index (χ0) is 17.2. The first-order chi connectivity index (χ1) is 11.6. The SMILES string of the molecule is COc1cccc(C2(C(=O)N3CCOC(C(N)=O)C3)CCCC2)c1. The summed E-state index contributed by atoms with van der Waals surface area (Å²) in [6.07, 6.45) is 2.96. The molecule has 1 aromatic carbocycles. The lowest BCUT2D eigenvalue weighted by Gasteiger charge is -2.38. The van der Waals surface area contributed by atoms with E-state index >= 15 is 0 Å². The van der Waals surface area contributed by atoms with Crippen molar-refractivity contribution in [2.45, 2.75) is 37.2 Å². The summed E-state index contributed by atoms with van der Waals surface area (Å²) in [5, 5.41) is 0. The molecule has 1 unspecified atom stereocenters. The molecule has 0 bridgehead atoms. The lowest BCUT2D eigenvalue weighted by atomic mass is 9.77. The molecule has 3 rings (SSSR count). The van der Waals surface area contributed by atoms with Crippen LogP contribution >= 0.6 is 0 Å². The van der Waals surface area contributed by atoms with Crippen LogP contribution in [-0.4, -0.2) is 49.6 Å². The summed E-state index contributed by atoms with van der Waals surface area (Å²) < 4.78 is 10.7. The van der Waals surface area contributed by atoms with Crippen molar-refractivity contribution in [3.05, 3.63) is 29.8 Å². The van der Waals surface area contributed by atoms with Gasteiger partial charge in [-0.25, -0.2) is 0 Å². The first kappa shape index (κ1) is 16.8. The van der Waals surface area contributed by atoms with Crippen LogP contribution in [0.5, 0.6) is 5.75 Å². The summed E-state index contributed by atoms with van der Waals surface area (Å²) in [6.45, 7) is 1.07. The van der Waals surface area contributed by atoms with Crippen molar-refractivity contribution in [3.8, 4) is 5.75 Å². The summed E-state index contributed by atoms with van der Waals surface area (Å²) in [7, 11) is 1.63. The third-order valence-electron chi connectivity index (χ3n) is 5.16. The highest BCUT2D eigenvalue weighted by atomic mass is 16.5. The molecule has 2 aliphatic rings. The number of carbonyl (C=O) groups excluding carboxylic acids is 2. The number of hydrogen-bond acceptors (Lipinski definition) is 4. The maximum Gasteiger partial charge on any atom is 0.248 e. The Bertz CT molecular complexity index is 625. The lowest BCUT2D eigenvalue weighted by Crippen LogP contribution is -2.55. The number of ether oxygens (including phenoxy) is 2. The molecule has 1 atom stereocenters. The van der Waals surface area contributed by atoms with E-state index in [9.17, 15) is 9.59 Å². The third-order valence-corrected chi connectivity index (χ3v) is 5.16. The Morgan fingerprint density at radius 3 is 2.75 bits per heavy atom. The van der Waals surface area contributed by atoms with Gasteiger partial charge in [0.2, 0.25) is 11.8 Å². The van der Waals surface area contributed by atoms with Crippen LogP contribution in [0.2, 0.25) is 0 Å². The molecule has 2 amide bonds. The van der Waals surface area contributed by atoms with Crippen LogP contribution in [0.1, 0.15) is 31.2 Å². The first-order valence-corrected chi connectivity index (χ1v) is 8.42. The second-order valence-electron chi connectivity index (χ2n) is 6.53. The molecule has 1 saturated heterocycles. The van der Waals surface area contributed by atoms with E-state index in [4.69, 9.17) is 15.2 Å². The van der Waals surface area contributed by atoms with Crippen LogP contribution in [0.15, 0.2) is 24.3 Å². The Morgan fingerprint density at radius 2 is 2.08 bits per heavy atom. The molecule has 24 heavy (non-hydrogen) atoms. The number of primary amides is 1. The molecule has 2 fully saturated rings. The van der Waals surface area contributed by atoms with E-state index in [1.807, 2.05) is 24.3 Å². The van der Waals surface area contributed by atoms with Crippen LogP contribution in [0.25, 0.3) is 0 Å². The molecule has 0 spiro atoms. The summed E-state index contributed by atoms with van der Waals surface area (Å²) >= 11 is 0. The van der Waals surface area contributed by atoms with Gasteiger partial charge in [-0.3, -0.25) is 9.59 Å². The largest absolute Gasteiger partial charge is 0.497 e. The molecule has 0 radical (unpaired) electrons. The summed E-state index contributed by atoms with van der Waals surface area (Å²) in [5.41, 5.74) is 5.80. The van der Waals surface area contributed by atoms with Crippen LogP contribution < -0.4 is 10.5 Å². The van der Waals surface area contributed by atoms with Gasteiger partial charge in [0, 0.05) is 6.54 Å². The van der Waals surface area contributed by atoms with Gasteiger partial charge in [-0.05, 0) is 30.5 Å². The van der Waals surface area contributed by atoms with Crippen LogP contribution in [0, 0.1) is 0 Å². The van der Waals surface area contributed by atoms with Gasteiger partial charge in [-0.15, -0.1) is 0 Å². The monoisotopic (exact) mass is 332 g/mol. The smallest absolute Gasteiger partial charge is 0.248 e. The molecule has 130 valence electrons. The quantitative estimate of drug-likeness (QED) is 0.899. The molecule has 6 nitrogen and oxygen atoms in total. The minimum Gasteiger partial charge on any atom is -0.497 e. The minimum atomic E-state index is -0.716. The zero-order valence-electron chi connectivity index (χ0n) is 14.0. The highest BCUT2D eigenvalue weighted by molar-refractivity contribution is 5.90. The number of benzene rings is 1. The lowest BCUT2D eigenvalue weighted by molar-refractivity contribution is -0.149. The Balaban J connectivity index is 1.89.